The zero-order valence-corrected chi connectivity index (χ0v) is 34.3. The second kappa shape index (κ2) is 24.2. The number of nitrogens with one attached hydrogen (secondary N) is 1. The molecule has 2 aliphatic rings. The van der Waals surface area contributed by atoms with E-state index in [2.05, 4.69) is 35.7 Å². The fraction of sp³-hybridized carbons (Fsp3) is 0.641. The number of methoxy groups -OCH3 is 1. The van der Waals surface area contributed by atoms with Crippen LogP contribution in [0.25, 0.3) is 11.1 Å². The summed E-state index contributed by atoms with van der Waals surface area (Å²) in [7, 11) is 1.65. The van der Waals surface area contributed by atoms with Crippen molar-refractivity contribution in [1.29, 1.82) is 0 Å². The van der Waals surface area contributed by atoms with E-state index in [4.69, 9.17) is 54.6 Å². The summed E-state index contributed by atoms with van der Waals surface area (Å²) < 4.78 is 48.8. The van der Waals surface area contributed by atoms with Gasteiger partial charge in [-0.25, -0.2) is 14.6 Å². The minimum Gasteiger partial charge on any atom is -0.487 e. The van der Waals surface area contributed by atoms with Gasteiger partial charge in [0.2, 0.25) is 5.95 Å². The first-order valence-electron chi connectivity index (χ1n) is 20.2. The van der Waals surface area contributed by atoms with Crippen LogP contribution in [0.3, 0.4) is 0 Å². The van der Waals surface area contributed by atoms with Crippen molar-refractivity contribution in [3.63, 3.8) is 0 Å². The average Bonchev–Trinajstić information content (AvgIpc) is 3.92. The molecule has 1 saturated heterocycles. The smallest absolute Gasteiger partial charge is 0.256 e. The van der Waals surface area contributed by atoms with Gasteiger partial charge < -0.3 is 43.2 Å². The molecule has 18 nitrogen and oxygen atoms in total. The number of ether oxygens (including phenoxy) is 8. The zero-order valence-electron chi connectivity index (χ0n) is 33.6. The van der Waals surface area contributed by atoms with Crippen LogP contribution >= 0.6 is 11.6 Å². The highest BCUT2D eigenvalue weighted by Crippen LogP contribution is 2.35. The predicted molar refractivity (Wildman–Crippen MR) is 215 cm³/mol. The van der Waals surface area contributed by atoms with Crippen LogP contribution < -0.4 is 14.8 Å². The standard InChI is InChI=1S/C39H57ClN10O8/c1-30(27-49-29-43-46-47-49)58-37-24-31(4-9-35(37)40)32-25-41-39(42-26-32)44-36-28-50(34-7-5-33(6-8-34)48-10-14-53-15-11-48)45-38(36)57-13-3-12-52-18-19-55-22-23-56-21-20-54-17-16-51-2/h4,9,24-26,28-30,33-34H,3,5-8,10-23,27H2,1-2H3,(H,41,42,44)/t30-,33-,34-/m0/s1. The van der Waals surface area contributed by atoms with Crippen LogP contribution in [0.1, 0.15) is 45.1 Å². The number of aromatic nitrogens is 8. The Morgan fingerprint density at radius 2 is 1.52 bits per heavy atom. The molecular formula is C39H57ClN10O8. The molecule has 6 rings (SSSR count). The number of nitrogens with zero attached hydrogens (tertiary/aromatic N) is 9. The van der Waals surface area contributed by atoms with E-state index in [1.807, 2.05) is 29.9 Å². The van der Waals surface area contributed by atoms with E-state index >= 15 is 0 Å². The first-order chi connectivity index (χ1) is 28.6. The van der Waals surface area contributed by atoms with E-state index in [9.17, 15) is 0 Å². The van der Waals surface area contributed by atoms with Gasteiger partial charge in [0.1, 0.15) is 23.9 Å². The van der Waals surface area contributed by atoms with Crippen LogP contribution in [0.15, 0.2) is 43.1 Å². The Labute approximate surface area is 344 Å². The van der Waals surface area contributed by atoms with Crippen LogP contribution in [0, 0.1) is 0 Å². The van der Waals surface area contributed by atoms with Crippen molar-refractivity contribution in [3.8, 4) is 22.8 Å². The minimum atomic E-state index is -0.220. The summed E-state index contributed by atoms with van der Waals surface area (Å²) in [4.78, 5) is 11.9. The molecule has 2 fully saturated rings. The number of tetrazole rings is 1. The lowest BCUT2D eigenvalue weighted by Gasteiger charge is -2.38. The Kier molecular flexibility index (Phi) is 18.2. The molecule has 0 unspecified atom stereocenters. The molecule has 3 aromatic heterocycles. The first kappa shape index (κ1) is 43.6. The molecule has 1 aliphatic carbocycles. The average molecular weight is 829 g/mol. The Hall–Kier alpha value is -4.01. The third-order valence-electron chi connectivity index (χ3n) is 9.85. The quantitative estimate of drug-likeness (QED) is 0.0876. The number of halogens is 1. The van der Waals surface area contributed by atoms with Gasteiger partial charge in [-0.05, 0) is 60.7 Å². The highest BCUT2D eigenvalue weighted by molar-refractivity contribution is 6.32. The molecule has 4 aromatic rings. The van der Waals surface area contributed by atoms with Gasteiger partial charge in [-0.1, -0.05) is 17.7 Å². The number of hydrogen-bond donors (Lipinski definition) is 1. The second-order valence-electron chi connectivity index (χ2n) is 14.1. The Balaban J connectivity index is 0.992. The molecule has 0 bridgehead atoms. The normalized spacial score (nSPS) is 18.0. The van der Waals surface area contributed by atoms with Gasteiger partial charge in [0, 0.05) is 57.2 Å². The molecule has 19 heteroatoms. The molecule has 0 spiro atoms. The number of rotatable bonds is 26. The molecule has 1 N–H and O–H groups in total. The maximum atomic E-state index is 6.49. The molecule has 58 heavy (non-hydrogen) atoms. The maximum absolute atomic E-state index is 6.49. The fourth-order valence-electron chi connectivity index (χ4n) is 6.84. The van der Waals surface area contributed by atoms with E-state index in [1.165, 1.54) is 0 Å². The molecule has 0 amide bonds. The van der Waals surface area contributed by atoms with E-state index in [1.54, 1.807) is 36.6 Å². The number of hydrogen-bond acceptors (Lipinski definition) is 16. The van der Waals surface area contributed by atoms with Gasteiger partial charge in [0.25, 0.3) is 5.88 Å². The lowest BCUT2D eigenvalue weighted by Crippen LogP contribution is -2.45. The predicted octanol–water partition coefficient (Wildman–Crippen LogP) is 4.49. The minimum absolute atomic E-state index is 0.220. The van der Waals surface area contributed by atoms with Crippen LogP contribution in [-0.2, 0) is 35.0 Å². The van der Waals surface area contributed by atoms with Crippen molar-refractivity contribution in [1.82, 2.24) is 44.9 Å². The highest BCUT2D eigenvalue weighted by Gasteiger charge is 2.29. The molecule has 1 atom stereocenters. The summed E-state index contributed by atoms with van der Waals surface area (Å²) in [6.07, 6.45) is 11.9. The van der Waals surface area contributed by atoms with Gasteiger partial charge in [-0.3, -0.25) is 9.58 Å². The Bertz CT molecular complexity index is 1720. The van der Waals surface area contributed by atoms with Crippen molar-refractivity contribution in [2.45, 2.75) is 63.8 Å². The van der Waals surface area contributed by atoms with Crippen molar-refractivity contribution < 1.29 is 37.9 Å². The van der Waals surface area contributed by atoms with Crippen molar-refractivity contribution in [3.05, 3.63) is 48.1 Å². The summed E-state index contributed by atoms with van der Waals surface area (Å²) in [6.45, 7) is 11.3. The topological polar surface area (TPSA) is 176 Å². The van der Waals surface area contributed by atoms with Crippen molar-refractivity contribution in [2.75, 3.05) is 105 Å². The highest BCUT2D eigenvalue weighted by atomic mass is 35.5. The summed E-state index contributed by atoms with van der Waals surface area (Å²) in [5.41, 5.74) is 2.38. The summed E-state index contributed by atoms with van der Waals surface area (Å²) >= 11 is 6.49. The van der Waals surface area contributed by atoms with Crippen LogP contribution in [0.4, 0.5) is 11.6 Å². The summed E-state index contributed by atoms with van der Waals surface area (Å²) in [5.74, 6) is 1.48. The monoisotopic (exact) mass is 828 g/mol. The van der Waals surface area contributed by atoms with Crippen LogP contribution in [0.2, 0.25) is 5.02 Å². The van der Waals surface area contributed by atoms with E-state index in [0.29, 0.717) is 113 Å². The molecule has 1 aromatic carbocycles. The van der Waals surface area contributed by atoms with Crippen LogP contribution in [0.5, 0.6) is 11.6 Å². The van der Waals surface area contributed by atoms with Gasteiger partial charge in [-0.15, -0.1) is 10.2 Å². The number of morpholine rings is 1. The molecular weight excluding hydrogens is 772 g/mol. The summed E-state index contributed by atoms with van der Waals surface area (Å²) in [5, 5.41) is 20.0. The zero-order chi connectivity index (χ0) is 40.2. The molecule has 4 heterocycles. The fourth-order valence-corrected chi connectivity index (χ4v) is 7.00. The lowest BCUT2D eigenvalue weighted by atomic mass is 9.90. The number of benzene rings is 1. The largest absolute Gasteiger partial charge is 0.487 e. The third-order valence-corrected chi connectivity index (χ3v) is 10.2. The maximum Gasteiger partial charge on any atom is 0.256 e. The first-order valence-corrected chi connectivity index (χ1v) is 20.5. The van der Waals surface area contributed by atoms with Crippen molar-refractivity contribution in [2.24, 2.45) is 0 Å². The Morgan fingerprint density at radius 1 is 0.845 bits per heavy atom. The van der Waals surface area contributed by atoms with Gasteiger partial charge in [-0.2, -0.15) is 0 Å². The SMILES string of the molecule is COCCOCCOCCOCCOCCCOc1nn([C@H]2CC[C@H](N3CCOCC3)CC2)cc1Nc1ncc(-c2ccc(Cl)c(O[C@@H](C)Cn3cnnn3)c2)cn1. The molecule has 1 saturated carbocycles. The lowest BCUT2D eigenvalue weighted by molar-refractivity contribution is -0.00844. The number of anilines is 2. The van der Waals surface area contributed by atoms with E-state index in [-0.39, 0.29) is 12.1 Å². The van der Waals surface area contributed by atoms with Gasteiger partial charge in [0.05, 0.1) is 96.5 Å². The molecule has 1 aliphatic heterocycles. The van der Waals surface area contributed by atoms with Crippen LogP contribution in [-0.4, -0.2) is 156 Å². The van der Waals surface area contributed by atoms with Gasteiger partial charge in [0.15, 0.2) is 0 Å². The molecule has 0 radical (unpaired) electrons. The molecule has 318 valence electrons. The Morgan fingerprint density at radius 3 is 2.19 bits per heavy atom. The van der Waals surface area contributed by atoms with E-state index in [0.717, 1.165) is 63.1 Å². The second-order valence-corrected chi connectivity index (χ2v) is 14.5. The van der Waals surface area contributed by atoms with Gasteiger partial charge >= 0.3 is 0 Å². The third kappa shape index (κ3) is 14.1. The van der Waals surface area contributed by atoms with Crippen molar-refractivity contribution >= 4 is 23.2 Å². The summed E-state index contributed by atoms with van der Waals surface area (Å²) in [6, 6.07) is 6.46. The van der Waals surface area contributed by atoms with E-state index < -0.39 is 0 Å².